The van der Waals surface area contributed by atoms with Crippen LogP contribution in [-0.2, 0) is 14.3 Å². The molecule has 3 rings (SSSR count). The van der Waals surface area contributed by atoms with E-state index < -0.39 is 18.5 Å². The predicted octanol–water partition coefficient (Wildman–Crippen LogP) is 3.21. The number of rotatable bonds is 7. The number of carbonyl (C=O) groups is 3. The van der Waals surface area contributed by atoms with Crippen molar-refractivity contribution in [3.63, 3.8) is 0 Å². The van der Waals surface area contributed by atoms with Crippen LogP contribution >= 0.6 is 0 Å². The lowest BCUT2D eigenvalue weighted by Gasteiger charge is -2.28. The van der Waals surface area contributed by atoms with Crippen molar-refractivity contribution in [1.29, 1.82) is 0 Å². The number of carbonyl (C=O) groups excluding carboxylic acids is 3. The van der Waals surface area contributed by atoms with Gasteiger partial charge in [0.05, 0.1) is 0 Å². The molecular formula is C24H29N3O4. The Morgan fingerprint density at radius 1 is 0.935 bits per heavy atom. The van der Waals surface area contributed by atoms with Crippen molar-refractivity contribution < 1.29 is 19.1 Å². The second-order valence-electron chi connectivity index (χ2n) is 7.79. The fraction of sp³-hybridized carbons (Fsp3) is 0.375. The average Bonchev–Trinajstić information content (AvgIpc) is 2.79. The Morgan fingerprint density at radius 2 is 1.65 bits per heavy atom. The monoisotopic (exact) mass is 423 g/mol. The van der Waals surface area contributed by atoms with Gasteiger partial charge < -0.3 is 20.3 Å². The fourth-order valence-electron chi connectivity index (χ4n) is 3.44. The number of anilines is 2. The molecule has 1 fully saturated rings. The molecular weight excluding hydrogens is 394 g/mol. The Kier molecular flexibility index (Phi) is 7.65. The minimum atomic E-state index is -0.673. The predicted molar refractivity (Wildman–Crippen MR) is 120 cm³/mol. The van der Waals surface area contributed by atoms with Crippen molar-refractivity contribution in [2.75, 3.05) is 36.5 Å². The molecule has 7 heteroatoms. The molecule has 1 heterocycles. The number of hydrogen-bond donors (Lipinski definition) is 2. The first-order chi connectivity index (χ1) is 14.9. The molecule has 1 aliphatic heterocycles. The van der Waals surface area contributed by atoms with E-state index in [0.29, 0.717) is 11.3 Å². The first kappa shape index (κ1) is 22.3. The van der Waals surface area contributed by atoms with Gasteiger partial charge in [0.15, 0.2) is 6.61 Å². The standard InChI is InChI=1S/C24H29N3O4/c1-17-6-7-19(14-18(17)2)24(30)25-15-23(29)31-16-22(28)26-20-8-10-21(11-9-20)27-12-4-3-5-13-27/h6-11,14H,3-5,12-13,15-16H2,1-2H3,(H,25,30)(H,26,28). The molecule has 0 aromatic heterocycles. The molecule has 164 valence electrons. The molecule has 2 aromatic carbocycles. The zero-order chi connectivity index (χ0) is 22.2. The Bertz CT molecular complexity index is 934. The van der Waals surface area contributed by atoms with E-state index in [1.165, 1.54) is 19.3 Å². The van der Waals surface area contributed by atoms with Crippen molar-refractivity contribution in [2.24, 2.45) is 0 Å². The summed E-state index contributed by atoms with van der Waals surface area (Å²) >= 11 is 0. The van der Waals surface area contributed by atoms with E-state index in [1.54, 1.807) is 12.1 Å². The highest BCUT2D eigenvalue weighted by atomic mass is 16.5. The normalized spacial score (nSPS) is 13.4. The van der Waals surface area contributed by atoms with Gasteiger partial charge in [0.25, 0.3) is 11.8 Å². The SMILES string of the molecule is Cc1ccc(C(=O)NCC(=O)OCC(=O)Nc2ccc(N3CCCCC3)cc2)cc1C. The summed E-state index contributed by atoms with van der Waals surface area (Å²) in [7, 11) is 0. The number of esters is 1. The minimum Gasteiger partial charge on any atom is -0.454 e. The zero-order valence-electron chi connectivity index (χ0n) is 18.1. The lowest BCUT2D eigenvalue weighted by molar-refractivity contribution is -0.146. The third-order valence-corrected chi connectivity index (χ3v) is 5.40. The van der Waals surface area contributed by atoms with Crippen LogP contribution in [0, 0.1) is 13.8 Å². The Labute approximate surface area is 182 Å². The summed E-state index contributed by atoms with van der Waals surface area (Å²) in [4.78, 5) is 38.4. The molecule has 7 nitrogen and oxygen atoms in total. The van der Waals surface area contributed by atoms with Crippen LogP contribution in [0.25, 0.3) is 0 Å². The summed E-state index contributed by atoms with van der Waals surface area (Å²) in [6, 6.07) is 13.0. The summed E-state index contributed by atoms with van der Waals surface area (Å²) in [6.07, 6.45) is 3.68. The molecule has 0 radical (unpaired) electrons. The maximum absolute atomic E-state index is 12.1. The van der Waals surface area contributed by atoms with E-state index in [9.17, 15) is 14.4 Å². The molecule has 1 aliphatic rings. The highest BCUT2D eigenvalue weighted by Gasteiger charge is 2.13. The number of hydrogen-bond acceptors (Lipinski definition) is 5. The molecule has 2 N–H and O–H groups in total. The van der Waals surface area contributed by atoms with E-state index in [0.717, 1.165) is 29.9 Å². The van der Waals surface area contributed by atoms with Crippen molar-refractivity contribution in [3.8, 4) is 0 Å². The van der Waals surface area contributed by atoms with Gasteiger partial charge in [-0.15, -0.1) is 0 Å². The van der Waals surface area contributed by atoms with Gasteiger partial charge in [0.1, 0.15) is 6.54 Å². The van der Waals surface area contributed by atoms with E-state index in [-0.39, 0.29) is 12.5 Å². The maximum Gasteiger partial charge on any atom is 0.325 e. The summed E-state index contributed by atoms with van der Waals surface area (Å²) in [6.45, 7) is 5.28. The van der Waals surface area contributed by atoms with Crippen molar-refractivity contribution in [3.05, 3.63) is 59.2 Å². The van der Waals surface area contributed by atoms with Crippen LogP contribution in [0.1, 0.15) is 40.7 Å². The molecule has 31 heavy (non-hydrogen) atoms. The van der Waals surface area contributed by atoms with Gasteiger partial charge in [0, 0.05) is 30.0 Å². The van der Waals surface area contributed by atoms with E-state index >= 15 is 0 Å². The zero-order valence-corrected chi connectivity index (χ0v) is 18.1. The van der Waals surface area contributed by atoms with Crippen LogP contribution < -0.4 is 15.5 Å². The summed E-state index contributed by atoms with van der Waals surface area (Å²) in [5.74, 6) is -1.47. The number of nitrogens with one attached hydrogen (secondary N) is 2. The highest BCUT2D eigenvalue weighted by Crippen LogP contribution is 2.21. The number of nitrogens with zero attached hydrogens (tertiary/aromatic N) is 1. The van der Waals surface area contributed by atoms with Gasteiger partial charge in [-0.25, -0.2) is 0 Å². The third kappa shape index (κ3) is 6.57. The maximum atomic E-state index is 12.1. The Balaban J connectivity index is 1.39. The summed E-state index contributed by atoms with van der Waals surface area (Å²) in [5.41, 5.74) is 4.34. The molecule has 0 unspecified atom stereocenters. The lowest BCUT2D eigenvalue weighted by Crippen LogP contribution is -2.32. The summed E-state index contributed by atoms with van der Waals surface area (Å²) < 4.78 is 4.95. The first-order valence-corrected chi connectivity index (χ1v) is 10.6. The number of aryl methyl sites for hydroxylation is 2. The number of ether oxygens (including phenoxy) is 1. The largest absolute Gasteiger partial charge is 0.454 e. The Hall–Kier alpha value is -3.35. The van der Waals surface area contributed by atoms with Crippen LogP contribution in [0.5, 0.6) is 0 Å². The third-order valence-electron chi connectivity index (χ3n) is 5.40. The minimum absolute atomic E-state index is 0.302. The second-order valence-corrected chi connectivity index (χ2v) is 7.79. The number of amides is 2. The van der Waals surface area contributed by atoms with Crippen LogP contribution in [0.3, 0.4) is 0 Å². The highest BCUT2D eigenvalue weighted by molar-refractivity contribution is 5.96. The topological polar surface area (TPSA) is 87.7 Å². The number of benzene rings is 2. The fourth-order valence-corrected chi connectivity index (χ4v) is 3.44. The van der Waals surface area contributed by atoms with Crippen LogP contribution in [0.4, 0.5) is 11.4 Å². The molecule has 2 aromatic rings. The van der Waals surface area contributed by atoms with Gasteiger partial charge in [-0.3, -0.25) is 14.4 Å². The molecule has 0 atom stereocenters. The van der Waals surface area contributed by atoms with Gasteiger partial charge in [0.2, 0.25) is 0 Å². The van der Waals surface area contributed by atoms with Crippen LogP contribution in [0.15, 0.2) is 42.5 Å². The molecule has 0 bridgehead atoms. The smallest absolute Gasteiger partial charge is 0.325 e. The van der Waals surface area contributed by atoms with Crippen molar-refractivity contribution in [1.82, 2.24) is 5.32 Å². The average molecular weight is 424 g/mol. The molecule has 0 spiro atoms. The molecule has 1 saturated heterocycles. The summed E-state index contributed by atoms with van der Waals surface area (Å²) in [5, 5.41) is 5.21. The second kappa shape index (κ2) is 10.6. The number of piperidine rings is 1. The Morgan fingerprint density at radius 3 is 2.32 bits per heavy atom. The van der Waals surface area contributed by atoms with Crippen LogP contribution in [-0.4, -0.2) is 44.0 Å². The molecule has 0 saturated carbocycles. The van der Waals surface area contributed by atoms with Crippen molar-refractivity contribution in [2.45, 2.75) is 33.1 Å². The quantitative estimate of drug-likeness (QED) is 0.668. The molecule has 2 amide bonds. The van der Waals surface area contributed by atoms with Gasteiger partial charge in [-0.2, -0.15) is 0 Å². The molecule has 0 aliphatic carbocycles. The van der Waals surface area contributed by atoms with E-state index in [4.69, 9.17) is 4.74 Å². The van der Waals surface area contributed by atoms with Gasteiger partial charge in [-0.05, 0) is 80.6 Å². The van der Waals surface area contributed by atoms with Gasteiger partial charge in [-0.1, -0.05) is 6.07 Å². The van der Waals surface area contributed by atoms with Crippen LogP contribution in [0.2, 0.25) is 0 Å². The van der Waals surface area contributed by atoms with E-state index in [1.807, 2.05) is 44.2 Å². The first-order valence-electron chi connectivity index (χ1n) is 10.6. The lowest BCUT2D eigenvalue weighted by atomic mass is 10.1. The van der Waals surface area contributed by atoms with Crippen molar-refractivity contribution >= 4 is 29.2 Å². The van der Waals surface area contributed by atoms with E-state index in [2.05, 4.69) is 15.5 Å². The van der Waals surface area contributed by atoms with Gasteiger partial charge >= 0.3 is 5.97 Å².